The topological polar surface area (TPSA) is 99.3 Å². The largest absolute Gasteiger partial charge is 0.360 e. The van der Waals surface area contributed by atoms with Crippen molar-refractivity contribution in [2.24, 2.45) is 0 Å². The molecular formula is C26H25N3O4S. The summed E-state index contributed by atoms with van der Waals surface area (Å²) in [5, 5.41) is 2.87. The summed E-state index contributed by atoms with van der Waals surface area (Å²) in [5.74, 6) is -0.532. The maximum atomic E-state index is 13.4. The highest BCUT2D eigenvalue weighted by atomic mass is 32.2. The van der Waals surface area contributed by atoms with Gasteiger partial charge in [0.05, 0.1) is 10.6 Å². The van der Waals surface area contributed by atoms with Crippen LogP contribution in [0.4, 0.5) is 5.69 Å². The van der Waals surface area contributed by atoms with Crippen LogP contribution >= 0.6 is 0 Å². The summed E-state index contributed by atoms with van der Waals surface area (Å²) in [5.41, 5.74) is 2.22. The number of amides is 1. The van der Waals surface area contributed by atoms with Crippen molar-refractivity contribution in [2.75, 3.05) is 10.8 Å². The van der Waals surface area contributed by atoms with Crippen LogP contribution < -0.4 is 15.1 Å². The van der Waals surface area contributed by atoms with Crippen molar-refractivity contribution in [3.8, 4) is 0 Å². The maximum Gasteiger partial charge on any atom is 0.264 e. The van der Waals surface area contributed by atoms with Gasteiger partial charge in [-0.25, -0.2) is 8.42 Å². The number of anilines is 1. The van der Waals surface area contributed by atoms with Gasteiger partial charge in [0, 0.05) is 30.2 Å². The predicted molar refractivity (Wildman–Crippen MR) is 134 cm³/mol. The normalized spacial score (nSPS) is 11.4. The van der Waals surface area contributed by atoms with Crippen LogP contribution in [-0.2, 0) is 16.6 Å². The Labute approximate surface area is 198 Å². The summed E-state index contributed by atoms with van der Waals surface area (Å²) in [7, 11) is -3.93. The molecule has 1 amide bonds. The second-order valence-corrected chi connectivity index (χ2v) is 9.78. The van der Waals surface area contributed by atoms with E-state index in [2.05, 4.69) is 10.3 Å². The van der Waals surface area contributed by atoms with E-state index in [1.54, 1.807) is 31.2 Å². The van der Waals surface area contributed by atoms with Gasteiger partial charge in [-0.15, -0.1) is 0 Å². The van der Waals surface area contributed by atoms with Gasteiger partial charge in [0.2, 0.25) is 5.43 Å². The molecule has 2 N–H and O–H groups in total. The Hall–Kier alpha value is -3.91. The molecule has 4 rings (SSSR count). The molecule has 0 fully saturated rings. The maximum absolute atomic E-state index is 13.4. The molecule has 174 valence electrons. The van der Waals surface area contributed by atoms with Gasteiger partial charge in [-0.1, -0.05) is 42.5 Å². The molecule has 0 atom stereocenters. The molecule has 1 aromatic heterocycles. The molecule has 1 heterocycles. The molecule has 0 saturated carbocycles. The Kier molecular flexibility index (Phi) is 6.51. The number of nitrogens with one attached hydrogen (secondary N) is 2. The van der Waals surface area contributed by atoms with E-state index in [1.807, 2.05) is 43.3 Å². The fraction of sp³-hybridized carbons (Fsp3) is 0.154. The van der Waals surface area contributed by atoms with Gasteiger partial charge in [0.25, 0.3) is 15.9 Å². The number of rotatable bonds is 7. The van der Waals surface area contributed by atoms with Crippen LogP contribution in [0, 0.1) is 6.92 Å². The Morgan fingerprint density at radius 1 is 1.00 bits per heavy atom. The third kappa shape index (κ3) is 4.58. The van der Waals surface area contributed by atoms with Crippen LogP contribution in [0.5, 0.6) is 0 Å². The highest BCUT2D eigenvalue weighted by Crippen LogP contribution is 2.25. The monoisotopic (exact) mass is 475 g/mol. The number of pyridine rings is 1. The number of carbonyl (C=O) groups is 1. The van der Waals surface area contributed by atoms with Gasteiger partial charge in [0.15, 0.2) is 0 Å². The summed E-state index contributed by atoms with van der Waals surface area (Å²) >= 11 is 0. The average molecular weight is 476 g/mol. The minimum absolute atomic E-state index is 0.0179. The first-order valence-electron chi connectivity index (χ1n) is 10.9. The quantitative estimate of drug-likeness (QED) is 0.422. The lowest BCUT2D eigenvalue weighted by atomic mass is 10.1. The van der Waals surface area contributed by atoms with Crippen molar-refractivity contribution in [1.82, 2.24) is 10.3 Å². The minimum atomic E-state index is -3.93. The zero-order valence-electron chi connectivity index (χ0n) is 18.9. The van der Waals surface area contributed by atoms with Crippen molar-refractivity contribution in [1.29, 1.82) is 0 Å². The van der Waals surface area contributed by atoms with Crippen LogP contribution in [0.15, 0.2) is 88.7 Å². The average Bonchev–Trinajstić information content (AvgIpc) is 2.83. The molecule has 34 heavy (non-hydrogen) atoms. The van der Waals surface area contributed by atoms with Crippen LogP contribution in [0.3, 0.4) is 0 Å². The van der Waals surface area contributed by atoms with Crippen molar-refractivity contribution in [3.05, 3.63) is 106 Å². The lowest BCUT2D eigenvalue weighted by Gasteiger charge is -2.23. The lowest BCUT2D eigenvalue weighted by molar-refractivity contribution is 0.0949. The van der Waals surface area contributed by atoms with E-state index in [-0.39, 0.29) is 28.9 Å². The molecule has 7 nitrogen and oxygen atoms in total. The number of H-pyrrole nitrogens is 1. The van der Waals surface area contributed by atoms with Crippen LogP contribution in [-0.4, -0.2) is 25.9 Å². The summed E-state index contributed by atoms with van der Waals surface area (Å²) in [6.07, 6.45) is 1.35. The first-order valence-corrected chi connectivity index (χ1v) is 12.3. The van der Waals surface area contributed by atoms with E-state index < -0.39 is 21.4 Å². The predicted octanol–water partition coefficient (Wildman–Crippen LogP) is 3.98. The summed E-state index contributed by atoms with van der Waals surface area (Å²) in [6.45, 7) is 4.14. The van der Waals surface area contributed by atoms with Gasteiger partial charge in [-0.2, -0.15) is 0 Å². The number of hydrogen-bond donors (Lipinski definition) is 2. The number of nitrogens with zero attached hydrogens (tertiary/aromatic N) is 1. The fourth-order valence-corrected chi connectivity index (χ4v) is 5.29. The highest BCUT2D eigenvalue weighted by Gasteiger charge is 2.25. The Morgan fingerprint density at radius 2 is 1.76 bits per heavy atom. The number of sulfonamides is 1. The first-order chi connectivity index (χ1) is 16.3. The smallest absolute Gasteiger partial charge is 0.264 e. The molecule has 0 aliphatic heterocycles. The van der Waals surface area contributed by atoms with E-state index in [4.69, 9.17) is 0 Å². The molecule has 4 aromatic rings. The lowest BCUT2D eigenvalue weighted by Crippen LogP contribution is -2.31. The van der Waals surface area contributed by atoms with E-state index in [1.165, 1.54) is 22.6 Å². The highest BCUT2D eigenvalue weighted by molar-refractivity contribution is 7.92. The van der Waals surface area contributed by atoms with Crippen LogP contribution in [0.25, 0.3) is 10.9 Å². The number of benzene rings is 3. The van der Waals surface area contributed by atoms with E-state index >= 15 is 0 Å². The zero-order chi connectivity index (χ0) is 24.3. The molecule has 0 spiro atoms. The molecule has 0 aliphatic carbocycles. The van der Waals surface area contributed by atoms with Crippen molar-refractivity contribution in [2.45, 2.75) is 25.3 Å². The minimum Gasteiger partial charge on any atom is -0.360 e. The van der Waals surface area contributed by atoms with Crippen molar-refractivity contribution < 1.29 is 13.2 Å². The Morgan fingerprint density at radius 3 is 2.47 bits per heavy atom. The van der Waals surface area contributed by atoms with Crippen molar-refractivity contribution >= 4 is 32.5 Å². The number of aromatic amines is 1. The van der Waals surface area contributed by atoms with E-state index in [0.29, 0.717) is 11.2 Å². The molecule has 0 bridgehead atoms. The number of fused-ring (bicyclic) bond motifs is 1. The van der Waals surface area contributed by atoms with Gasteiger partial charge < -0.3 is 10.3 Å². The SMILES string of the molecule is CCN(c1cccc(C)c1)S(=O)(=O)c1ccc2[nH]cc(C(=O)NCc3ccccc3)c(=O)c2c1. The van der Waals surface area contributed by atoms with Gasteiger partial charge in [-0.3, -0.25) is 13.9 Å². The summed E-state index contributed by atoms with van der Waals surface area (Å²) in [6, 6.07) is 20.9. The van der Waals surface area contributed by atoms with Crippen LogP contribution in [0.1, 0.15) is 28.4 Å². The fourth-order valence-electron chi connectivity index (χ4n) is 3.80. The van der Waals surface area contributed by atoms with Gasteiger partial charge in [0.1, 0.15) is 5.56 Å². The number of carbonyl (C=O) groups excluding carboxylic acids is 1. The number of aromatic nitrogens is 1. The molecule has 0 saturated heterocycles. The molecular weight excluding hydrogens is 450 g/mol. The third-order valence-electron chi connectivity index (χ3n) is 5.56. The van der Waals surface area contributed by atoms with Gasteiger partial charge >= 0.3 is 0 Å². The summed E-state index contributed by atoms with van der Waals surface area (Å²) in [4.78, 5) is 28.7. The Balaban J connectivity index is 1.69. The number of hydrogen-bond acceptors (Lipinski definition) is 4. The van der Waals surface area contributed by atoms with Crippen LogP contribution in [0.2, 0.25) is 0 Å². The van der Waals surface area contributed by atoms with E-state index in [9.17, 15) is 18.0 Å². The first kappa shape index (κ1) is 23.3. The Bertz CT molecular complexity index is 1510. The zero-order valence-corrected chi connectivity index (χ0v) is 19.7. The third-order valence-corrected chi connectivity index (χ3v) is 7.46. The molecule has 0 unspecified atom stereocenters. The van der Waals surface area contributed by atoms with Gasteiger partial charge in [-0.05, 0) is 55.3 Å². The number of aryl methyl sites for hydroxylation is 1. The standard InChI is InChI=1S/C26H25N3O4S/c1-3-29(20-11-7-8-18(2)14-20)34(32,33)21-12-13-24-22(15-21)25(30)23(17-27-24)26(31)28-16-19-9-5-4-6-10-19/h4-15,17H,3,16H2,1-2H3,(H,27,30)(H,28,31). The molecule has 3 aromatic carbocycles. The van der Waals surface area contributed by atoms with E-state index in [0.717, 1.165) is 11.1 Å². The molecule has 0 radical (unpaired) electrons. The summed E-state index contributed by atoms with van der Waals surface area (Å²) < 4.78 is 28.2. The molecule has 0 aliphatic rings. The molecule has 8 heteroatoms. The second kappa shape index (κ2) is 9.52. The van der Waals surface area contributed by atoms with Crippen molar-refractivity contribution in [3.63, 3.8) is 0 Å². The second-order valence-electron chi connectivity index (χ2n) is 7.92.